The minimum absolute atomic E-state index is 0.256. The number of halogens is 1. The number of nitrogens with zero attached hydrogens (tertiary/aromatic N) is 1. The van der Waals surface area contributed by atoms with E-state index in [-0.39, 0.29) is 5.91 Å². The lowest BCUT2D eigenvalue weighted by molar-refractivity contribution is -0.128. The maximum Gasteiger partial charge on any atom is 0.269 e. The van der Waals surface area contributed by atoms with E-state index in [0.29, 0.717) is 15.9 Å². The maximum atomic E-state index is 12.5. The minimum Gasteiger partial charge on any atom is -0.478 e. The number of carbonyl (C=O) groups is 1. The summed E-state index contributed by atoms with van der Waals surface area (Å²) in [5.41, 5.74) is 0.715. The Bertz CT molecular complexity index is 861. The van der Waals surface area contributed by atoms with Crippen LogP contribution in [0.3, 0.4) is 0 Å². The average Bonchev–Trinajstić information content (AvgIpc) is 3.04. The van der Waals surface area contributed by atoms with Crippen molar-refractivity contribution in [1.29, 1.82) is 0 Å². The molecule has 1 N–H and O–H groups in total. The number of anilines is 1. The molecular formula is C19H17ClN2O2S. The van der Waals surface area contributed by atoms with E-state index >= 15 is 0 Å². The van der Waals surface area contributed by atoms with Crippen LogP contribution in [-0.4, -0.2) is 16.5 Å². The van der Waals surface area contributed by atoms with Gasteiger partial charge < -0.3 is 4.74 Å². The maximum absolute atomic E-state index is 12.5. The zero-order valence-electron chi connectivity index (χ0n) is 13.8. The third-order valence-electron chi connectivity index (χ3n) is 3.53. The first-order valence-electron chi connectivity index (χ1n) is 7.71. The van der Waals surface area contributed by atoms with Gasteiger partial charge in [0.1, 0.15) is 5.75 Å². The smallest absolute Gasteiger partial charge is 0.269 e. The Morgan fingerprint density at radius 2 is 1.80 bits per heavy atom. The Morgan fingerprint density at radius 3 is 2.48 bits per heavy atom. The number of para-hydroxylation sites is 1. The molecule has 0 spiro atoms. The number of benzene rings is 2. The molecule has 0 radical (unpaired) electrons. The van der Waals surface area contributed by atoms with Crippen LogP contribution in [0.15, 0.2) is 60.0 Å². The van der Waals surface area contributed by atoms with Gasteiger partial charge in [-0.15, -0.1) is 11.3 Å². The second-order valence-corrected chi connectivity index (χ2v) is 7.22. The quantitative estimate of drug-likeness (QED) is 0.664. The molecule has 25 heavy (non-hydrogen) atoms. The molecular weight excluding hydrogens is 356 g/mol. The lowest BCUT2D eigenvalue weighted by Gasteiger charge is -2.24. The van der Waals surface area contributed by atoms with Crippen LogP contribution in [-0.2, 0) is 4.79 Å². The number of nitrogens with one attached hydrogen (secondary N) is 1. The van der Waals surface area contributed by atoms with E-state index in [1.165, 1.54) is 11.3 Å². The van der Waals surface area contributed by atoms with Crippen LogP contribution >= 0.6 is 22.9 Å². The van der Waals surface area contributed by atoms with E-state index in [1.807, 2.05) is 60.0 Å². The van der Waals surface area contributed by atoms with Gasteiger partial charge in [-0.2, -0.15) is 0 Å². The van der Waals surface area contributed by atoms with Crippen molar-refractivity contribution >= 4 is 34.0 Å². The normalized spacial score (nSPS) is 11.2. The molecule has 3 rings (SSSR count). The summed E-state index contributed by atoms with van der Waals surface area (Å²) in [6.07, 6.45) is 0. The van der Waals surface area contributed by atoms with Crippen LogP contribution in [0.25, 0.3) is 11.3 Å². The summed E-state index contributed by atoms with van der Waals surface area (Å²) in [5, 5.41) is 5.92. The summed E-state index contributed by atoms with van der Waals surface area (Å²) in [6, 6.07) is 16.7. The van der Waals surface area contributed by atoms with Crippen molar-refractivity contribution in [1.82, 2.24) is 4.98 Å². The molecule has 3 aromatic rings. The molecule has 0 atom stereocenters. The lowest BCUT2D eigenvalue weighted by Crippen LogP contribution is -2.42. The minimum atomic E-state index is -1.02. The molecule has 1 amide bonds. The van der Waals surface area contributed by atoms with Crippen LogP contribution in [0.5, 0.6) is 5.75 Å². The number of thiazole rings is 1. The van der Waals surface area contributed by atoms with Gasteiger partial charge in [-0.1, -0.05) is 41.9 Å². The predicted octanol–water partition coefficient (Wildman–Crippen LogP) is 5.26. The summed E-state index contributed by atoms with van der Waals surface area (Å²) in [4.78, 5) is 17.0. The Kier molecular flexibility index (Phi) is 5.06. The first kappa shape index (κ1) is 17.5. The highest BCUT2D eigenvalue weighted by molar-refractivity contribution is 7.14. The zero-order valence-corrected chi connectivity index (χ0v) is 15.4. The van der Waals surface area contributed by atoms with E-state index in [9.17, 15) is 4.79 Å². The molecule has 1 aromatic heterocycles. The fourth-order valence-electron chi connectivity index (χ4n) is 2.16. The molecule has 0 saturated carbocycles. The monoisotopic (exact) mass is 372 g/mol. The zero-order chi connectivity index (χ0) is 17.9. The summed E-state index contributed by atoms with van der Waals surface area (Å²) in [5.74, 6) is 0.386. The van der Waals surface area contributed by atoms with Crippen molar-refractivity contribution in [2.24, 2.45) is 0 Å². The van der Waals surface area contributed by atoms with Crippen LogP contribution in [0.4, 0.5) is 5.13 Å². The third-order valence-corrected chi connectivity index (χ3v) is 4.54. The van der Waals surface area contributed by atoms with Crippen molar-refractivity contribution in [3.05, 3.63) is 65.0 Å². The van der Waals surface area contributed by atoms with Gasteiger partial charge in [0.15, 0.2) is 10.7 Å². The van der Waals surface area contributed by atoms with Crippen LogP contribution in [0, 0.1) is 0 Å². The predicted molar refractivity (Wildman–Crippen MR) is 102 cm³/mol. The average molecular weight is 373 g/mol. The molecule has 0 bridgehead atoms. The Hall–Kier alpha value is -2.37. The van der Waals surface area contributed by atoms with Crippen LogP contribution in [0.1, 0.15) is 13.8 Å². The Morgan fingerprint density at radius 1 is 1.12 bits per heavy atom. The fraction of sp³-hybridized carbons (Fsp3) is 0.158. The molecule has 128 valence electrons. The largest absolute Gasteiger partial charge is 0.478 e. The summed E-state index contributed by atoms with van der Waals surface area (Å²) in [7, 11) is 0. The van der Waals surface area contributed by atoms with Crippen LogP contribution < -0.4 is 10.1 Å². The molecule has 6 heteroatoms. The van der Waals surface area contributed by atoms with E-state index < -0.39 is 5.60 Å². The van der Waals surface area contributed by atoms with Gasteiger partial charge in [-0.3, -0.25) is 10.1 Å². The Labute approximate surface area is 155 Å². The van der Waals surface area contributed by atoms with Gasteiger partial charge in [0.05, 0.1) is 5.69 Å². The van der Waals surface area contributed by atoms with Gasteiger partial charge >= 0.3 is 0 Å². The lowest BCUT2D eigenvalue weighted by atomic mass is 10.1. The molecule has 0 unspecified atom stereocenters. The summed E-state index contributed by atoms with van der Waals surface area (Å²) >= 11 is 7.27. The molecule has 4 nitrogen and oxygen atoms in total. The second-order valence-electron chi connectivity index (χ2n) is 5.92. The van der Waals surface area contributed by atoms with Crippen molar-refractivity contribution in [2.45, 2.75) is 19.4 Å². The van der Waals surface area contributed by atoms with Crippen molar-refractivity contribution < 1.29 is 9.53 Å². The molecule has 0 aliphatic heterocycles. The number of aromatic nitrogens is 1. The van der Waals surface area contributed by atoms with Crippen molar-refractivity contribution in [3.8, 4) is 17.0 Å². The van der Waals surface area contributed by atoms with E-state index in [2.05, 4.69) is 10.3 Å². The van der Waals surface area contributed by atoms with E-state index in [0.717, 1.165) is 11.3 Å². The van der Waals surface area contributed by atoms with Gasteiger partial charge in [-0.25, -0.2) is 4.98 Å². The number of hydrogen-bond acceptors (Lipinski definition) is 4. The van der Waals surface area contributed by atoms with E-state index in [4.69, 9.17) is 16.3 Å². The van der Waals surface area contributed by atoms with E-state index in [1.54, 1.807) is 13.8 Å². The van der Waals surface area contributed by atoms with Gasteiger partial charge in [0.25, 0.3) is 5.91 Å². The van der Waals surface area contributed by atoms with Crippen molar-refractivity contribution in [3.63, 3.8) is 0 Å². The highest BCUT2D eigenvalue weighted by Crippen LogP contribution is 2.27. The summed E-state index contributed by atoms with van der Waals surface area (Å²) < 4.78 is 5.79. The molecule has 2 aromatic carbocycles. The van der Waals surface area contributed by atoms with Crippen molar-refractivity contribution in [2.75, 3.05) is 5.32 Å². The standard InChI is InChI=1S/C19H17ClN2O2S/c1-19(2,24-15-6-4-3-5-7-15)17(23)22-18-21-16(12-25-18)13-8-10-14(20)11-9-13/h3-12H,1-2H3,(H,21,22,23). The Balaban J connectivity index is 1.69. The molecule has 0 saturated heterocycles. The fourth-order valence-corrected chi connectivity index (χ4v) is 3.00. The molecule has 0 aliphatic carbocycles. The number of carbonyl (C=O) groups excluding carboxylic acids is 1. The number of ether oxygens (including phenoxy) is 1. The molecule has 0 fully saturated rings. The first-order valence-corrected chi connectivity index (χ1v) is 8.97. The van der Waals surface area contributed by atoms with Gasteiger partial charge in [-0.05, 0) is 38.1 Å². The number of amides is 1. The molecule has 0 aliphatic rings. The third kappa shape index (κ3) is 4.38. The molecule has 1 heterocycles. The van der Waals surface area contributed by atoms with Gasteiger partial charge in [0, 0.05) is 16.0 Å². The topological polar surface area (TPSA) is 51.2 Å². The summed E-state index contributed by atoms with van der Waals surface area (Å²) in [6.45, 7) is 3.45. The highest BCUT2D eigenvalue weighted by Gasteiger charge is 2.30. The van der Waals surface area contributed by atoms with Crippen LogP contribution in [0.2, 0.25) is 5.02 Å². The number of rotatable bonds is 5. The highest BCUT2D eigenvalue weighted by atomic mass is 35.5. The first-order chi connectivity index (χ1) is 11.9. The second kappa shape index (κ2) is 7.25. The number of hydrogen-bond donors (Lipinski definition) is 1. The van der Waals surface area contributed by atoms with Gasteiger partial charge in [0.2, 0.25) is 0 Å². The SMILES string of the molecule is CC(C)(Oc1ccccc1)C(=O)Nc1nc(-c2ccc(Cl)cc2)cs1.